The van der Waals surface area contributed by atoms with Crippen molar-refractivity contribution < 1.29 is 9.90 Å². The summed E-state index contributed by atoms with van der Waals surface area (Å²) in [4.78, 5) is 23.7. The van der Waals surface area contributed by atoms with E-state index in [0.29, 0.717) is 15.2 Å². The van der Waals surface area contributed by atoms with Gasteiger partial charge in [-0.25, -0.2) is 4.98 Å². The average Bonchev–Trinajstić information content (AvgIpc) is 3.41. The highest BCUT2D eigenvalue weighted by atomic mass is 35.5. The molecule has 28 heavy (non-hydrogen) atoms. The van der Waals surface area contributed by atoms with E-state index in [2.05, 4.69) is 9.98 Å². The first-order valence-electron chi connectivity index (χ1n) is 9.10. The molecule has 2 heterocycles. The Balaban J connectivity index is 0.000000921. The predicted molar refractivity (Wildman–Crippen MR) is 122 cm³/mol. The number of carbonyl (C=O) groups is 1. The van der Waals surface area contributed by atoms with Crippen LogP contribution < -0.4 is 0 Å². The predicted octanol–water partition coefficient (Wildman–Crippen LogP) is 6.05. The summed E-state index contributed by atoms with van der Waals surface area (Å²) < 4.78 is 0.484. The monoisotopic (exact) mass is 439 g/mol. The number of thioether (sulfide) groups is 1. The van der Waals surface area contributed by atoms with Crippen molar-refractivity contribution in [2.45, 2.75) is 33.7 Å². The van der Waals surface area contributed by atoms with Crippen LogP contribution in [-0.4, -0.2) is 38.9 Å². The van der Waals surface area contributed by atoms with E-state index < -0.39 is 0 Å². The summed E-state index contributed by atoms with van der Waals surface area (Å²) in [6.07, 6.45) is 2.56. The lowest BCUT2D eigenvalue weighted by Crippen LogP contribution is -2.31. The molecular weight excluding hydrogens is 414 g/mol. The van der Waals surface area contributed by atoms with Crippen LogP contribution in [0.1, 0.15) is 44.2 Å². The molecule has 1 aromatic heterocycles. The highest BCUT2D eigenvalue weighted by Gasteiger charge is 2.28. The summed E-state index contributed by atoms with van der Waals surface area (Å²) in [6.45, 7) is 8.00. The molecule has 1 N–H and O–H groups in total. The average molecular weight is 440 g/mol. The molecular formula is C20H26ClN3O2S2. The van der Waals surface area contributed by atoms with Gasteiger partial charge in [0.05, 0.1) is 22.8 Å². The van der Waals surface area contributed by atoms with E-state index in [1.54, 1.807) is 25.4 Å². The minimum atomic E-state index is -0.307. The minimum Gasteiger partial charge on any atom is -0.515 e. The number of benzene rings is 1. The molecule has 0 saturated carbocycles. The van der Waals surface area contributed by atoms with E-state index in [1.165, 1.54) is 28.0 Å². The molecule has 1 atom stereocenters. The van der Waals surface area contributed by atoms with Crippen LogP contribution in [0.15, 0.2) is 47.8 Å². The number of rotatable bonds is 3. The summed E-state index contributed by atoms with van der Waals surface area (Å²) in [5.41, 5.74) is 0.886. The first kappa shape index (κ1) is 24.2. The van der Waals surface area contributed by atoms with Crippen LogP contribution in [0, 0.1) is 0 Å². The van der Waals surface area contributed by atoms with Crippen LogP contribution in [0.2, 0.25) is 4.47 Å². The van der Waals surface area contributed by atoms with Gasteiger partial charge >= 0.3 is 0 Å². The zero-order valence-electron chi connectivity index (χ0n) is 16.7. The molecule has 8 heteroatoms. The number of aromatic nitrogens is 1. The van der Waals surface area contributed by atoms with Crippen LogP contribution in [-0.2, 0) is 4.79 Å². The first-order valence-corrected chi connectivity index (χ1v) is 11.3. The van der Waals surface area contributed by atoms with Gasteiger partial charge in [0.2, 0.25) is 0 Å². The van der Waals surface area contributed by atoms with E-state index in [9.17, 15) is 9.90 Å². The Hall–Kier alpha value is -1.83. The summed E-state index contributed by atoms with van der Waals surface area (Å²) in [5, 5.41) is 10.1. The fourth-order valence-electron chi connectivity index (χ4n) is 2.25. The molecule has 0 spiro atoms. The zero-order valence-corrected chi connectivity index (χ0v) is 19.1. The van der Waals surface area contributed by atoms with E-state index in [-0.39, 0.29) is 17.5 Å². The van der Waals surface area contributed by atoms with Crippen LogP contribution in [0.25, 0.3) is 5.57 Å². The Kier molecular flexibility index (Phi) is 10.9. The summed E-state index contributed by atoms with van der Waals surface area (Å²) in [6, 6.07) is 8.99. The number of thiazole rings is 1. The lowest BCUT2D eigenvalue weighted by atomic mass is 10.1. The summed E-state index contributed by atoms with van der Waals surface area (Å²) >= 11 is 8.76. The number of amides is 1. The highest BCUT2D eigenvalue weighted by Crippen LogP contribution is 2.35. The van der Waals surface area contributed by atoms with E-state index >= 15 is 0 Å². The van der Waals surface area contributed by atoms with E-state index in [0.717, 1.165) is 16.9 Å². The number of aliphatic imine (C=N–C) groups is 1. The van der Waals surface area contributed by atoms with Crippen LogP contribution in [0.5, 0.6) is 0 Å². The second-order valence-corrected chi connectivity index (χ2v) is 7.66. The zero-order chi connectivity index (χ0) is 21.1. The third-order valence-corrected chi connectivity index (χ3v) is 5.83. The maximum absolute atomic E-state index is 12.7. The van der Waals surface area contributed by atoms with Crippen molar-refractivity contribution in [3.63, 3.8) is 0 Å². The van der Waals surface area contributed by atoms with Crippen molar-refractivity contribution >= 4 is 51.3 Å². The molecule has 1 aliphatic rings. The fourth-order valence-corrected chi connectivity index (χ4v) is 4.39. The number of aliphatic hydroxyl groups excluding tert-OH is 1. The molecule has 1 amide bonds. The normalized spacial score (nSPS) is 15.6. The van der Waals surface area contributed by atoms with E-state index in [1.807, 2.05) is 45.9 Å². The van der Waals surface area contributed by atoms with Gasteiger partial charge in [-0.1, -0.05) is 81.4 Å². The van der Waals surface area contributed by atoms with Crippen molar-refractivity contribution in [3.8, 4) is 0 Å². The molecule has 5 nitrogen and oxygen atoms in total. The van der Waals surface area contributed by atoms with Gasteiger partial charge in [-0.3, -0.25) is 14.7 Å². The molecule has 0 radical (unpaired) electrons. The molecule has 0 bridgehead atoms. The van der Waals surface area contributed by atoms with Gasteiger partial charge in [-0.2, -0.15) is 0 Å². The van der Waals surface area contributed by atoms with Crippen molar-refractivity contribution in [2.75, 3.05) is 12.8 Å². The lowest BCUT2D eigenvalue weighted by molar-refractivity contribution is -0.120. The maximum atomic E-state index is 12.7. The molecule has 152 valence electrons. The molecule has 3 rings (SSSR count). The Labute approximate surface area is 180 Å². The molecule has 1 unspecified atom stereocenters. The third kappa shape index (κ3) is 6.09. The fraction of sp³-hybridized carbons (Fsp3) is 0.350. The highest BCUT2D eigenvalue weighted by molar-refractivity contribution is 8.14. The molecule has 1 aliphatic heterocycles. The number of likely N-dealkylation sites (N-methyl/N-ethyl adjacent to an activating group) is 1. The number of nitrogens with zero attached hydrogens (tertiary/aromatic N) is 3. The Morgan fingerprint density at radius 1 is 1.25 bits per heavy atom. The summed E-state index contributed by atoms with van der Waals surface area (Å²) in [7, 11) is 1.66. The van der Waals surface area contributed by atoms with Gasteiger partial charge in [-0.05, 0) is 5.56 Å². The lowest BCUT2D eigenvalue weighted by Gasteiger charge is -2.17. The van der Waals surface area contributed by atoms with Crippen molar-refractivity contribution in [2.24, 2.45) is 4.99 Å². The topological polar surface area (TPSA) is 65.8 Å². The maximum Gasteiger partial charge on any atom is 0.263 e. The molecule has 1 aromatic carbocycles. The van der Waals surface area contributed by atoms with Crippen molar-refractivity contribution in [1.29, 1.82) is 0 Å². The Morgan fingerprint density at radius 3 is 2.43 bits per heavy atom. The Bertz CT molecular complexity index is 807. The Morgan fingerprint density at radius 2 is 1.89 bits per heavy atom. The summed E-state index contributed by atoms with van der Waals surface area (Å²) in [5.74, 6) is 0.424. The molecule has 0 fully saturated rings. The van der Waals surface area contributed by atoms with Gasteiger partial charge in [-0.15, -0.1) is 11.3 Å². The van der Waals surface area contributed by atoms with Crippen LogP contribution in [0.3, 0.4) is 0 Å². The number of carbonyl (C=O) groups excluding carboxylic acids is 1. The van der Waals surface area contributed by atoms with Crippen molar-refractivity contribution in [1.82, 2.24) is 9.88 Å². The molecule has 2 aromatic rings. The van der Waals surface area contributed by atoms with Gasteiger partial charge in [0.15, 0.2) is 9.63 Å². The molecule has 0 saturated heterocycles. The second-order valence-electron chi connectivity index (χ2n) is 5.03. The van der Waals surface area contributed by atoms with Gasteiger partial charge < -0.3 is 5.11 Å². The number of halogens is 1. The molecule has 0 aliphatic carbocycles. The van der Waals surface area contributed by atoms with Crippen LogP contribution >= 0.6 is 34.7 Å². The second kappa shape index (κ2) is 12.6. The number of amidine groups is 1. The number of hydrogen-bond acceptors (Lipinski definition) is 6. The van der Waals surface area contributed by atoms with Crippen LogP contribution in [0.4, 0.5) is 0 Å². The third-order valence-electron chi connectivity index (χ3n) is 3.50. The van der Waals surface area contributed by atoms with Gasteiger partial charge in [0.1, 0.15) is 0 Å². The largest absolute Gasteiger partial charge is 0.515 e. The first-order chi connectivity index (χ1) is 13.6. The minimum absolute atomic E-state index is 0.0523. The SMILES string of the molecule is CC.CC.CN(C(=O)/C(=C/O)c1ccccc1)C1=NC(c2cnc(Cl)s2)CS1. The number of aliphatic hydroxyl groups is 1. The van der Waals surface area contributed by atoms with Gasteiger partial charge in [0, 0.05) is 19.0 Å². The van der Waals surface area contributed by atoms with Gasteiger partial charge in [0.25, 0.3) is 5.91 Å². The van der Waals surface area contributed by atoms with E-state index in [4.69, 9.17) is 11.6 Å². The smallest absolute Gasteiger partial charge is 0.263 e. The van der Waals surface area contributed by atoms with Crippen molar-refractivity contribution in [3.05, 3.63) is 57.7 Å². The quantitative estimate of drug-likeness (QED) is 0.467. The standard InChI is InChI=1S/C16H14ClN3O2S2.2C2H6/c1-20(14(22)11(8-21)10-5-3-2-4-6-10)16-19-12(9-23-16)13-7-18-15(17)24-13;2*1-2/h2-8,12,21H,9H2,1H3;2*1-2H3/b11-8+;;. The number of hydrogen-bond donors (Lipinski definition) is 1.